The van der Waals surface area contributed by atoms with Gasteiger partial charge in [0.05, 0.1) is 18.6 Å². The van der Waals surface area contributed by atoms with Crippen LogP contribution < -0.4 is 5.32 Å². The maximum absolute atomic E-state index is 13.0. The Morgan fingerprint density at radius 1 is 0.875 bits per heavy atom. The highest BCUT2D eigenvalue weighted by atomic mass is 16.6. The van der Waals surface area contributed by atoms with Gasteiger partial charge in [-0.15, -0.1) is 0 Å². The van der Waals surface area contributed by atoms with Crippen LogP contribution in [0.3, 0.4) is 0 Å². The predicted octanol–water partition coefficient (Wildman–Crippen LogP) is 7.81. The van der Waals surface area contributed by atoms with Crippen molar-refractivity contribution in [3.8, 4) is 11.1 Å². The average Bonchev–Trinajstić information content (AvgIpc) is 3.38. The van der Waals surface area contributed by atoms with E-state index in [1.165, 1.54) is 11.8 Å². The molecule has 0 aliphatic heterocycles. The summed E-state index contributed by atoms with van der Waals surface area (Å²) in [5.74, 6) is -0.699. The number of benzene rings is 2. The number of methoxy groups -OCH3 is 1. The molecule has 0 radical (unpaired) electrons. The third kappa shape index (κ3) is 11.5. The van der Waals surface area contributed by atoms with E-state index >= 15 is 0 Å². The summed E-state index contributed by atoms with van der Waals surface area (Å²) in [6.07, 6.45) is 0.435. The molecular formula is C39H60N2O7. The lowest BCUT2D eigenvalue weighted by Crippen LogP contribution is -2.55. The van der Waals surface area contributed by atoms with Crippen molar-refractivity contribution in [3.05, 3.63) is 59.7 Å². The Morgan fingerprint density at radius 2 is 1.38 bits per heavy atom. The molecule has 1 aliphatic carbocycles. The molecule has 0 bridgehead atoms. The molecule has 9 heteroatoms. The van der Waals surface area contributed by atoms with Gasteiger partial charge in [-0.2, -0.15) is 0 Å². The molecule has 2 aromatic rings. The minimum absolute atomic E-state index is 0.0426. The minimum atomic E-state index is -0.790. The average molecular weight is 669 g/mol. The number of carbonyl (C=O) groups is 4. The molecule has 2 amide bonds. The monoisotopic (exact) mass is 668 g/mol. The number of nitrogens with one attached hydrogen (secondary N) is 1. The predicted molar refractivity (Wildman–Crippen MR) is 192 cm³/mol. The number of likely N-dealkylation sites (N-methyl/N-ethyl adjacent to an activating group) is 1. The van der Waals surface area contributed by atoms with Crippen LogP contribution in [0.25, 0.3) is 11.1 Å². The van der Waals surface area contributed by atoms with Gasteiger partial charge in [-0.25, -0.2) is 4.79 Å². The number of fused-ring (bicyclic) bond motifs is 3. The van der Waals surface area contributed by atoms with Gasteiger partial charge in [-0.05, 0) is 52.8 Å². The van der Waals surface area contributed by atoms with E-state index in [0.717, 1.165) is 28.7 Å². The number of aliphatic carboxylic acids is 1. The van der Waals surface area contributed by atoms with E-state index in [2.05, 4.69) is 43.4 Å². The fourth-order valence-corrected chi connectivity index (χ4v) is 6.11. The highest BCUT2D eigenvalue weighted by Crippen LogP contribution is 2.44. The zero-order valence-electron chi connectivity index (χ0n) is 31.2. The summed E-state index contributed by atoms with van der Waals surface area (Å²) in [5, 5.41) is 11.5. The quantitative estimate of drug-likeness (QED) is 0.211. The lowest BCUT2D eigenvalue weighted by Gasteiger charge is -2.31. The van der Waals surface area contributed by atoms with Crippen LogP contribution in [0, 0.1) is 23.7 Å². The second-order valence-corrected chi connectivity index (χ2v) is 13.1. The molecule has 48 heavy (non-hydrogen) atoms. The second-order valence-electron chi connectivity index (χ2n) is 13.1. The maximum atomic E-state index is 13.0. The molecule has 0 fully saturated rings. The van der Waals surface area contributed by atoms with Gasteiger partial charge >= 0.3 is 12.1 Å². The molecule has 3 rings (SSSR count). The van der Waals surface area contributed by atoms with E-state index in [0.29, 0.717) is 11.8 Å². The van der Waals surface area contributed by atoms with Crippen LogP contribution >= 0.6 is 0 Å². The molecule has 268 valence electrons. The lowest BCUT2D eigenvalue weighted by atomic mass is 9.87. The number of carboxylic acids is 1. The van der Waals surface area contributed by atoms with Crippen molar-refractivity contribution in [1.29, 1.82) is 0 Å². The zero-order chi connectivity index (χ0) is 36.7. The summed E-state index contributed by atoms with van der Waals surface area (Å²) in [6.45, 7) is 19.4. The van der Waals surface area contributed by atoms with E-state index in [1.54, 1.807) is 14.2 Å². The van der Waals surface area contributed by atoms with Crippen molar-refractivity contribution in [2.45, 2.75) is 106 Å². The van der Waals surface area contributed by atoms with Crippen LogP contribution in [-0.4, -0.2) is 72.7 Å². The summed E-state index contributed by atoms with van der Waals surface area (Å²) >= 11 is 0. The van der Waals surface area contributed by atoms with Crippen molar-refractivity contribution in [3.63, 3.8) is 0 Å². The summed E-state index contributed by atoms with van der Waals surface area (Å²) < 4.78 is 10.9. The molecule has 5 atom stereocenters. The molecule has 0 aromatic heterocycles. The Bertz CT molecular complexity index is 1280. The number of ether oxygens (including phenoxy) is 2. The molecule has 0 saturated carbocycles. The van der Waals surface area contributed by atoms with Crippen molar-refractivity contribution >= 4 is 23.8 Å². The smallest absolute Gasteiger partial charge is 0.410 e. The Hall–Kier alpha value is -3.72. The number of carbonyl (C=O) groups excluding carboxylic acids is 3. The standard InChI is InChI=1S/C27H34N2O4.C10H20O3.C2H6/c1-16(2)24(18(5)30)28-26(31)25(17(3)4)29(6)27(32)33-15-23-21-13-9-7-11-19(21)20-12-8-10-14-22(20)23;1-5-7(2)8(3)9(13-4)6-10(11)12;1-2/h7-14,16-17,23-25H,15H2,1-6H3,(H,28,31);7-9H,5-6H2,1-4H3,(H,11,12);1-2H3/t24-,25?;7?,8-,9+;/m00./s1. The normalized spacial score (nSPS) is 14.9. The number of Topliss-reactive ketones (excluding diaryl/α,β-unsaturated/α-hetero) is 1. The molecule has 2 N–H and O–H groups in total. The highest BCUT2D eigenvalue weighted by molar-refractivity contribution is 5.91. The molecule has 1 aliphatic rings. The zero-order valence-corrected chi connectivity index (χ0v) is 31.2. The van der Waals surface area contributed by atoms with Gasteiger partial charge in [0.2, 0.25) is 5.91 Å². The van der Waals surface area contributed by atoms with Crippen LogP contribution in [0.2, 0.25) is 0 Å². The van der Waals surface area contributed by atoms with Gasteiger partial charge in [0.1, 0.15) is 12.6 Å². The number of ketones is 1. The van der Waals surface area contributed by atoms with Crippen LogP contribution in [0.1, 0.15) is 99.1 Å². The van der Waals surface area contributed by atoms with Crippen LogP contribution in [0.5, 0.6) is 0 Å². The van der Waals surface area contributed by atoms with Gasteiger partial charge in [0.15, 0.2) is 5.78 Å². The molecule has 0 saturated heterocycles. The van der Waals surface area contributed by atoms with E-state index < -0.39 is 24.1 Å². The minimum Gasteiger partial charge on any atom is -0.481 e. The molecular weight excluding hydrogens is 608 g/mol. The largest absolute Gasteiger partial charge is 0.481 e. The first kappa shape index (κ1) is 42.3. The fraction of sp³-hybridized carbons (Fsp3) is 0.590. The first-order valence-corrected chi connectivity index (χ1v) is 17.3. The third-order valence-electron chi connectivity index (χ3n) is 9.15. The van der Waals surface area contributed by atoms with Crippen molar-refractivity contribution < 1.29 is 33.8 Å². The SMILES string of the molecule is CC.CC(=O)[C@@H](NC(=O)C(C(C)C)N(C)C(=O)OCC1c2ccccc2-c2ccccc21)C(C)C.CCC(C)[C@H](C)[C@@H](CC(=O)O)OC. The van der Waals surface area contributed by atoms with Crippen LogP contribution in [-0.2, 0) is 23.9 Å². The van der Waals surface area contributed by atoms with E-state index in [1.807, 2.05) is 72.7 Å². The summed E-state index contributed by atoms with van der Waals surface area (Å²) in [7, 11) is 3.15. The number of amides is 2. The molecule has 2 unspecified atom stereocenters. The van der Waals surface area contributed by atoms with E-state index in [9.17, 15) is 19.2 Å². The maximum Gasteiger partial charge on any atom is 0.410 e. The van der Waals surface area contributed by atoms with Gasteiger partial charge in [0.25, 0.3) is 0 Å². The van der Waals surface area contributed by atoms with Gasteiger partial charge in [-0.1, -0.05) is 117 Å². The third-order valence-corrected chi connectivity index (χ3v) is 9.15. The van der Waals surface area contributed by atoms with Crippen molar-refractivity contribution in [2.24, 2.45) is 23.7 Å². The van der Waals surface area contributed by atoms with Gasteiger partial charge < -0.3 is 19.9 Å². The summed E-state index contributed by atoms with van der Waals surface area (Å²) in [6, 6.07) is 15.0. The fourth-order valence-electron chi connectivity index (χ4n) is 6.11. The highest BCUT2D eigenvalue weighted by Gasteiger charge is 2.35. The Labute approximate surface area is 288 Å². The topological polar surface area (TPSA) is 122 Å². The van der Waals surface area contributed by atoms with E-state index in [4.69, 9.17) is 14.6 Å². The first-order chi connectivity index (χ1) is 22.7. The van der Waals surface area contributed by atoms with Gasteiger partial charge in [0, 0.05) is 20.1 Å². The van der Waals surface area contributed by atoms with Gasteiger partial charge in [-0.3, -0.25) is 19.3 Å². The van der Waals surface area contributed by atoms with Crippen molar-refractivity contribution in [1.82, 2.24) is 10.2 Å². The second kappa shape index (κ2) is 20.6. The number of carboxylic acid groups (broad SMARTS) is 1. The van der Waals surface area contributed by atoms with E-state index in [-0.39, 0.29) is 48.6 Å². The summed E-state index contributed by atoms with van der Waals surface area (Å²) in [4.78, 5) is 49.8. The Morgan fingerprint density at radius 3 is 1.77 bits per heavy atom. The summed E-state index contributed by atoms with van der Waals surface area (Å²) in [5.41, 5.74) is 4.58. The molecule has 2 aromatic carbocycles. The molecule has 9 nitrogen and oxygen atoms in total. The van der Waals surface area contributed by atoms with Crippen molar-refractivity contribution in [2.75, 3.05) is 20.8 Å². The van der Waals surface area contributed by atoms with Crippen LogP contribution in [0.15, 0.2) is 48.5 Å². The lowest BCUT2D eigenvalue weighted by molar-refractivity contribution is -0.141. The number of hydrogen-bond donors (Lipinski definition) is 2. The molecule has 0 spiro atoms. The number of hydrogen-bond acceptors (Lipinski definition) is 6. The Kier molecular flexibility index (Phi) is 18.2. The van der Waals surface area contributed by atoms with Crippen LogP contribution in [0.4, 0.5) is 4.79 Å². The molecule has 0 heterocycles. The first-order valence-electron chi connectivity index (χ1n) is 17.3. The number of nitrogens with zero attached hydrogens (tertiary/aromatic N) is 1. The Balaban J connectivity index is 0.000000648. The number of rotatable bonds is 14.